The van der Waals surface area contributed by atoms with E-state index < -0.39 is 5.91 Å². The highest BCUT2D eigenvalue weighted by Gasteiger charge is 2.25. The van der Waals surface area contributed by atoms with Crippen LogP contribution in [0.25, 0.3) is 0 Å². The normalized spacial score (nSPS) is 21.0. The van der Waals surface area contributed by atoms with Crippen molar-refractivity contribution in [3.63, 3.8) is 0 Å². The number of carbonyl (C=O) groups excluding carboxylic acids is 2. The quantitative estimate of drug-likeness (QED) is 0.652. The lowest BCUT2D eigenvalue weighted by atomic mass is 10.2. The first-order valence-corrected chi connectivity index (χ1v) is 6.18. The lowest BCUT2D eigenvalue weighted by molar-refractivity contribution is -0.136. The van der Waals surface area contributed by atoms with Gasteiger partial charge in [-0.15, -0.1) is 0 Å². The van der Waals surface area contributed by atoms with Crippen LogP contribution in [-0.2, 0) is 9.59 Å². The van der Waals surface area contributed by atoms with Crippen LogP contribution in [0.2, 0.25) is 0 Å². The van der Waals surface area contributed by atoms with Gasteiger partial charge < -0.3 is 16.0 Å². The zero-order valence-electron chi connectivity index (χ0n) is 8.86. The number of thioether (sulfide) groups is 1. The molecule has 1 saturated heterocycles. The van der Waals surface area contributed by atoms with Crippen molar-refractivity contribution in [3.8, 4) is 0 Å². The smallest absolute Gasteiger partial charge is 0.241 e. The van der Waals surface area contributed by atoms with Crippen molar-refractivity contribution in [1.82, 2.24) is 10.2 Å². The van der Waals surface area contributed by atoms with Crippen LogP contribution in [0, 0.1) is 0 Å². The van der Waals surface area contributed by atoms with Crippen LogP contribution in [0.4, 0.5) is 0 Å². The van der Waals surface area contributed by atoms with Crippen molar-refractivity contribution in [3.05, 3.63) is 0 Å². The van der Waals surface area contributed by atoms with E-state index in [1.807, 2.05) is 6.92 Å². The van der Waals surface area contributed by atoms with Crippen molar-refractivity contribution in [2.45, 2.75) is 13.0 Å². The molecule has 0 aliphatic carbocycles. The molecule has 5 nitrogen and oxygen atoms in total. The van der Waals surface area contributed by atoms with Gasteiger partial charge in [0.25, 0.3) is 0 Å². The molecule has 0 saturated carbocycles. The van der Waals surface area contributed by atoms with Gasteiger partial charge in [0.05, 0.1) is 12.6 Å². The number of primary amides is 1. The Bertz CT molecular complexity index is 242. The highest BCUT2D eigenvalue weighted by atomic mass is 32.2. The summed E-state index contributed by atoms with van der Waals surface area (Å²) in [6, 6.07) is -0.164. The minimum absolute atomic E-state index is 0.0121. The van der Waals surface area contributed by atoms with E-state index in [4.69, 9.17) is 5.73 Å². The molecule has 15 heavy (non-hydrogen) atoms. The second-order valence-electron chi connectivity index (χ2n) is 3.40. The summed E-state index contributed by atoms with van der Waals surface area (Å²) >= 11 is 1.75. The zero-order valence-corrected chi connectivity index (χ0v) is 9.68. The average Bonchev–Trinajstić information content (AvgIpc) is 2.26. The van der Waals surface area contributed by atoms with Crippen LogP contribution in [0.5, 0.6) is 0 Å². The highest BCUT2D eigenvalue weighted by molar-refractivity contribution is 7.99. The lowest BCUT2D eigenvalue weighted by Crippen LogP contribution is -2.52. The van der Waals surface area contributed by atoms with E-state index in [9.17, 15) is 9.59 Å². The third-order valence-corrected chi connectivity index (χ3v) is 3.32. The molecule has 1 aliphatic heterocycles. The maximum atomic E-state index is 11.9. The van der Waals surface area contributed by atoms with E-state index in [1.54, 1.807) is 11.8 Å². The Balaban J connectivity index is 2.50. The number of rotatable bonds is 4. The number of nitrogens with one attached hydrogen (secondary N) is 1. The van der Waals surface area contributed by atoms with E-state index in [0.717, 1.165) is 18.1 Å². The molecule has 0 spiro atoms. The van der Waals surface area contributed by atoms with Crippen LogP contribution in [0.1, 0.15) is 6.92 Å². The molecule has 0 bridgehead atoms. The first kappa shape index (κ1) is 12.3. The number of nitrogens with two attached hydrogens (primary N) is 1. The summed E-state index contributed by atoms with van der Waals surface area (Å²) in [5.74, 6) is 1.32. The van der Waals surface area contributed by atoms with E-state index in [0.29, 0.717) is 6.54 Å². The molecule has 0 aromatic rings. The Labute approximate surface area is 93.7 Å². The zero-order chi connectivity index (χ0) is 11.3. The van der Waals surface area contributed by atoms with Gasteiger partial charge in [0.1, 0.15) is 0 Å². The molecular formula is C9H17N3O2S. The maximum Gasteiger partial charge on any atom is 0.241 e. The molecule has 1 unspecified atom stereocenters. The van der Waals surface area contributed by atoms with Gasteiger partial charge in [0.2, 0.25) is 11.8 Å². The monoisotopic (exact) mass is 231 g/mol. The van der Waals surface area contributed by atoms with Gasteiger partial charge in [0, 0.05) is 24.6 Å². The maximum absolute atomic E-state index is 11.9. The van der Waals surface area contributed by atoms with Crippen molar-refractivity contribution in [2.24, 2.45) is 5.73 Å². The van der Waals surface area contributed by atoms with Crippen LogP contribution in [0.3, 0.4) is 0 Å². The summed E-state index contributed by atoms with van der Waals surface area (Å²) in [5.41, 5.74) is 5.08. The lowest BCUT2D eigenvalue weighted by Gasteiger charge is -2.28. The van der Waals surface area contributed by atoms with Crippen LogP contribution < -0.4 is 11.1 Å². The van der Waals surface area contributed by atoms with Gasteiger partial charge in [-0.05, 0) is 6.92 Å². The molecule has 86 valence electrons. The number of carbonyl (C=O) groups is 2. The highest BCUT2D eigenvalue weighted by Crippen LogP contribution is 2.09. The van der Waals surface area contributed by atoms with Crippen molar-refractivity contribution in [1.29, 1.82) is 0 Å². The summed E-state index contributed by atoms with van der Waals surface area (Å²) in [7, 11) is 0. The van der Waals surface area contributed by atoms with Crippen molar-refractivity contribution >= 4 is 23.6 Å². The van der Waals surface area contributed by atoms with Gasteiger partial charge in [-0.2, -0.15) is 11.8 Å². The summed E-state index contributed by atoms with van der Waals surface area (Å²) in [6.07, 6.45) is 0. The average molecular weight is 231 g/mol. The number of hydrogen-bond acceptors (Lipinski definition) is 4. The first-order chi connectivity index (χ1) is 7.15. The van der Waals surface area contributed by atoms with Crippen LogP contribution in [0.15, 0.2) is 0 Å². The second kappa shape index (κ2) is 5.97. The predicted molar refractivity (Wildman–Crippen MR) is 60.6 cm³/mol. The van der Waals surface area contributed by atoms with Gasteiger partial charge in [-0.3, -0.25) is 9.59 Å². The molecule has 0 aromatic heterocycles. The Hall–Kier alpha value is -0.750. The number of likely N-dealkylation sites (N-methyl/N-ethyl adjacent to an activating group) is 1. The van der Waals surface area contributed by atoms with Gasteiger partial charge >= 0.3 is 0 Å². The fourth-order valence-electron chi connectivity index (χ4n) is 1.48. The largest absolute Gasteiger partial charge is 0.368 e. The van der Waals surface area contributed by atoms with Gasteiger partial charge in [-0.25, -0.2) is 0 Å². The van der Waals surface area contributed by atoms with Crippen LogP contribution in [-0.4, -0.2) is 53.9 Å². The second-order valence-corrected chi connectivity index (χ2v) is 4.55. The topological polar surface area (TPSA) is 75.4 Å². The molecule has 6 heteroatoms. The Morgan fingerprint density at radius 3 is 2.80 bits per heavy atom. The molecule has 1 fully saturated rings. The van der Waals surface area contributed by atoms with E-state index in [-0.39, 0.29) is 18.5 Å². The van der Waals surface area contributed by atoms with Gasteiger partial charge in [0.15, 0.2) is 0 Å². The summed E-state index contributed by atoms with van der Waals surface area (Å²) in [4.78, 5) is 24.2. The Morgan fingerprint density at radius 1 is 1.60 bits per heavy atom. The summed E-state index contributed by atoms with van der Waals surface area (Å²) in [5, 5.41) is 3.14. The Kier molecular flexibility index (Phi) is 4.90. The molecule has 1 aliphatic rings. The number of amides is 2. The molecule has 1 rings (SSSR count). The standard InChI is InChI=1S/C9H17N3O2S/c1-2-12(5-8(10)13)9(14)7-6-15-4-3-11-7/h7,11H,2-6H2,1H3,(H2,10,13). The van der Waals surface area contributed by atoms with E-state index in [1.165, 1.54) is 4.90 Å². The van der Waals surface area contributed by atoms with Crippen LogP contribution >= 0.6 is 11.8 Å². The van der Waals surface area contributed by atoms with E-state index in [2.05, 4.69) is 5.32 Å². The molecule has 0 aromatic carbocycles. The molecular weight excluding hydrogens is 214 g/mol. The fraction of sp³-hybridized carbons (Fsp3) is 0.778. The Morgan fingerprint density at radius 2 is 2.33 bits per heavy atom. The third kappa shape index (κ3) is 3.71. The predicted octanol–water partition coefficient (Wildman–Crippen LogP) is -0.975. The van der Waals surface area contributed by atoms with Crippen molar-refractivity contribution in [2.75, 3.05) is 31.1 Å². The number of hydrogen-bond donors (Lipinski definition) is 2. The molecule has 0 radical (unpaired) electrons. The minimum atomic E-state index is -0.464. The number of nitrogens with zero attached hydrogens (tertiary/aromatic N) is 1. The first-order valence-electron chi connectivity index (χ1n) is 5.03. The minimum Gasteiger partial charge on any atom is -0.368 e. The summed E-state index contributed by atoms with van der Waals surface area (Å²) < 4.78 is 0. The van der Waals surface area contributed by atoms with Crippen molar-refractivity contribution < 1.29 is 9.59 Å². The third-order valence-electron chi connectivity index (χ3n) is 2.26. The molecule has 2 amide bonds. The summed E-state index contributed by atoms with van der Waals surface area (Å²) in [6.45, 7) is 3.22. The van der Waals surface area contributed by atoms with E-state index >= 15 is 0 Å². The van der Waals surface area contributed by atoms with Gasteiger partial charge in [-0.1, -0.05) is 0 Å². The molecule has 3 N–H and O–H groups in total. The molecule has 1 heterocycles. The fourth-order valence-corrected chi connectivity index (χ4v) is 2.40. The molecule has 1 atom stereocenters. The SMILES string of the molecule is CCN(CC(N)=O)C(=O)C1CSCCN1.